The molecule has 8 heteroatoms. The van der Waals surface area contributed by atoms with Crippen LogP contribution in [-0.2, 0) is 18.3 Å². The summed E-state index contributed by atoms with van der Waals surface area (Å²) in [5.41, 5.74) is -0.737. The van der Waals surface area contributed by atoms with Gasteiger partial charge in [-0.15, -0.1) is 0 Å². The van der Waals surface area contributed by atoms with Gasteiger partial charge in [-0.1, -0.05) is 6.92 Å². The molecule has 8 nitrogen and oxygen atoms in total. The van der Waals surface area contributed by atoms with Gasteiger partial charge in [0.25, 0.3) is 0 Å². The Balaban J connectivity index is 3.05. The van der Waals surface area contributed by atoms with Crippen molar-refractivity contribution in [2.45, 2.75) is 27.2 Å². The first-order valence-electron chi connectivity index (χ1n) is 5.88. The summed E-state index contributed by atoms with van der Waals surface area (Å²) in [6.07, 6.45) is 0.439. The smallest absolute Gasteiger partial charge is 0.333 e. The second-order valence-corrected chi connectivity index (χ2v) is 4.92. The van der Waals surface area contributed by atoms with Crippen LogP contribution in [0.1, 0.15) is 26.5 Å². The van der Waals surface area contributed by atoms with Crippen molar-refractivity contribution in [3.05, 3.63) is 15.8 Å². The van der Waals surface area contributed by atoms with Crippen LogP contribution in [0.25, 0.3) is 0 Å². The SMILES string of the molecule is CCc1nn(C)c(NCC(C)(C)C(=O)O)c1[N+](=O)[O-]. The number of carbonyl (C=O) groups is 1. The van der Waals surface area contributed by atoms with Crippen LogP contribution in [0.5, 0.6) is 0 Å². The van der Waals surface area contributed by atoms with Crippen LogP contribution in [0.15, 0.2) is 0 Å². The molecule has 0 atom stereocenters. The number of nitrogens with zero attached hydrogens (tertiary/aromatic N) is 3. The first-order valence-corrected chi connectivity index (χ1v) is 5.88. The molecule has 0 aliphatic heterocycles. The number of rotatable bonds is 6. The maximum atomic E-state index is 11.1. The lowest BCUT2D eigenvalue weighted by Gasteiger charge is -2.19. The number of aliphatic carboxylic acids is 1. The van der Waals surface area contributed by atoms with Crippen LogP contribution < -0.4 is 5.32 Å². The number of aromatic nitrogens is 2. The third-order valence-electron chi connectivity index (χ3n) is 2.89. The van der Waals surface area contributed by atoms with Crippen molar-refractivity contribution >= 4 is 17.5 Å². The van der Waals surface area contributed by atoms with Gasteiger partial charge >= 0.3 is 11.7 Å². The standard InChI is InChI=1S/C11H18N4O4/c1-5-7-8(15(18)19)9(14(4)13-7)12-6-11(2,3)10(16)17/h12H,5-6H2,1-4H3,(H,16,17). The van der Waals surface area contributed by atoms with E-state index in [-0.39, 0.29) is 18.1 Å². The zero-order valence-corrected chi connectivity index (χ0v) is 11.4. The largest absolute Gasteiger partial charge is 0.481 e. The summed E-state index contributed by atoms with van der Waals surface area (Å²) in [7, 11) is 1.59. The molecule has 19 heavy (non-hydrogen) atoms. The van der Waals surface area contributed by atoms with Gasteiger partial charge < -0.3 is 10.4 Å². The molecule has 0 amide bonds. The first kappa shape index (κ1) is 14.9. The van der Waals surface area contributed by atoms with Gasteiger partial charge in [0.05, 0.1) is 10.3 Å². The summed E-state index contributed by atoms with van der Waals surface area (Å²) >= 11 is 0. The van der Waals surface area contributed by atoms with Gasteiger partial charge in [0.2, 0.25) is 5.82 Å². The van der Waals surface area contributed by atoms with Crippen LogP contribution >= 0.6 is 0 Å². The highest BCUT2D eigenvalue weighted by Gasteiger charge is 2.30. The molecule has 1 heterocycles. The zero-order chi connectivity index (χ0) is 14.8. The summed E-state index contributed by atoms with van der Waals surface area (Å²) in [5.74, 6) is -0.739. The van der Waals surface area contributed by atoms with Crippen molar-refractivity contribution in [3.8, 4) is 0 Å². The van der Waals surface area contributed by atoms with Gasteiger partial charge in [0.1, 0.15) is 5.69 Å². The van der Waals surface area contributed by atoms with E-state index in [1.165, 1.54) is 4.68 Å². The number of nitro groups is 1. The van der Waals surface area contributed by atoms with Gasteiger partial charge in [-0.3, -0.25) is 14.9 Å². The van der Waals surface area contributed by atoms with Gasteiger partial charge in [-0.2, -0.15) is 5.10 Å². The molecule has 2 N–H and O–H groups in total. The second-order valence-electron chi connectivity index (χ2n) is 4.92. The molecule has 0 aliphatic carbocycles. The Morgan fingerprint density at radius 3 is 2.58 bits per heavy atom. The fraction of sp³-hybridized carbons (Fsp3) is 0.636. The Bertz CT molecular complexity index is 507. The van der Waals surface area contributed by atoms with Crippen LogP contribution in [-0.4, -0.2) is 32.3 Å². The van der Waals surface area contributed by atoms with E-state index in [1.54, 1.807) is 27.8 Å². The number of aryl methyl sites for hydroxylation is 2. The quantitative estimate of drug-likeness (QED) is 0.597. The summed E-state index contributed by atoms with van der Waals surface area (Å²) < 4.78 is 1.37. The predicted octanol–water partition coefficient (Wildman–Crippen LogP) is 1.41. The van der Waals surface area contributed by atoms with E-state index >= 15 is 0 Å². The van der Waals surface area contributed by atoms with Crippen molar-refractivity contribution in [3.63, 3.8) is 0 Å². The minimum absolute atomic E-state index is 0.0753. The molecule has 0 spiro atoms. The van der Waals surface area contributed by atoms with Crippen LogP contribution in [0.4, 0.5) is 11.5 Å². The number of anilines is 1. The number of carboxylic acids is 1. The number of carboxylic acid groups (broad SMARTS) is 1. The Labute approximate surface area is 110 Å². The van der Waals surface area contributed by atoms with Crippen molar-refractivity contribution < 1.29 is 14.8 Å². The molecule has 1 aromatic rings. The third-order valence-corrected chi connectivity index (χ3v) is 2.89. The molecule has 0 radical (unpaired) electrons. The van der Waals surface area contributed by atoms with Gasteiger partial charge in [-0.25, -0.2) is 4.68 Å². The van der Waals surface area contributed by atoms with Crippen molar-refractivity contribution in [1.29, 1.82) is 0 Å². The fourth-order valence-corrected chi connectivity index (χ4v) is 1.58. The molecule has 1 aromatic heterocycles. The highest BCUT2D eigenvalue weighted by atomic mass is 16.6. The number of hydrogen-bond acceptors (Lipinski definition) is 5. The van der Waals surface area contributed by atoms with E-state index in [1.807, 2.05) is 0 Å². The summed E-state index contributed by atoms with van der Waals surface area (Å²) in [5, 5.41) is 27.0. The Kier molecular flexibility index (Phi) is 4.13. The molecular weight excluding hydrogens is 252 g/mol. The monoisotopic (exact) mass is 270 g/mol. The molecular formula is C11H18N4O4. The molecule has 0 fully saturated rings. The van der Waals surface area contributed by atoms with Crippen molar-refractivity contribution in [1.82, 2.24) is 9.78 Å². The molecule has 0 aromatic carbocycles. The minimum Gasteiger partial charge on any atom is -0.481 e. The third kappa shape index (κ3) is 3.01. The predicted molar refractivity (Wildman–Crippen MR) is 69.1 cm³/mol. The normalized spacial score (nSPS) is 11.4. The van der Waals surface area contributed by atoms with Gasteiger partial charge in [0.15, 0.2) is 0 Å². The van der Waals surface area contributed by atoms with E-state index in [0.717, 1.165) is 0 Å². The Hall–Kier alpha value is -2.12. The maximum Gasteiger partial charge on any atom is 0.333 e. The van der Waals surface area contributed by atoms with E-state index in [9.17, 15) is 14.9 Å². The number of hydrogen-bond donors (Lipinski definition) is 2. The highest BCUT2D eigenvalue weighted by molar-refractivity contribution is 5.74. The first-order chi connectivity index (χ1) is 8.70. The minimum atomic E-state index is -1.02. The van der Waals surface area contributed by atoms with E-state index in [2.05, 4.69) is 10.4 Å². The van der Waals surface area contributed by atoms with E-state index in [4.69, 9.17) is 5.11 Å². The molecule has 106 valence electrons. The average Bonchev–Trinajstić information content (AvgIpc) is 2.63. The Morgan fingerprint density at radius 2 is 2.16 bits per heavy atom. The topological polar surface area (TPSA) is 110 Å². The molecule has 0 unspecified atom stereocenters. The average molecular weight is 270 g/mol. The molecule has 0 saturated carbocycles. The van der Waals surface area contributed by atoms with Crippen LogP contribution in [0, 0.1) is 15.5 Å². The molecule has 0 bridgehead atoms. The van der Waals surface area contributed by atoms with Crippen molar-refractivity contribution in [2.75, 3.05) is 11.9 Å². The van der Waals surface area contributed by atoms with E-state index in [0.29, 0.717) is 12.1 Å². The molecule has 0 aliphatic rings. The lowest BCUT2D eigenvalue weighted by Crippen LogP contribution is -2.32. The maximum absolute atomic E-state index is 11.1. The zero-order valence-electron chi connectivity index (χ0n) is 11.4. The van der Waals surface area contributed by atoms with Crippen molar-refractivity contribution in [2.24, 2.45) is 12.5 Å². The summed E-state index contributed by atoms with van der Waals surface area (Å²) in [6, 6.07) is 0. The lowest BCUT2D eigenvalue weighted by molar-refractivity contribution is -0.384. The fourth-order valence-electron chi connectivity index (χ4n) is 1.58. The number of nitrogens with one attached hydrogen (secondary N) is 1. The van der Waals surface area contributed by atoms with Gasteiger partial charge in [0, 0.05) is 13.6 Å². The molecule has 1 rings (SSSR count). The van der Waals surface area contributed by atoms with Crippen LogP contribution in [0.2, 0.25) is 0 Å². The van der Waals surface area contributed by atoms with E-state index < -0.39 is 16.3 Å². The summed E-state index contributed by atoms with van der Waals surface area (Å²) in [6.45, 7) is 4.95. The molecule has 0 saturated heterocycles. The highest BCUT2D eigenvalue weighted by Crippen LogP contribution is 2.29. The Morgan fingerprint density at radius 1 is 1.58 bits per heavy atom. The van der Waals surface area contributed by atoms with Gasteiger partial charge in [-0.05, 0) is 20.3 Å². The van der Waals surface area contributed by atoms with Crippen LogP contribution in [0.3, 0.4) is 0 Å². The summed E-state index contributed by atoms with van der Waals surface area (Å²) in [4.78, 5) is 21.6. The lowest BCUT2D eigenvalue weighted by atomic mass is 9.94. The second kappa shape index (κ2) is 5.25.